The molecule has 3 atom stereocenters. The molecule has 3 unspecified atom stereocenters. The van der Waals surface area contributed by atoms with Crippen LogP contribution < -0.4 is 0 Å². The molecule has 66 heavy (non-hydrogen) atoms. The second kappa shape index (κ2) is 48.1. The number of carbonyl (C=O) groups excluding carboxylic acids is 3. The molecule has 0 rings (SSSR count). The van der Waals surface area contributed by atoms with Crippen molar-refractivity contribution in [2.45, 2.75) is 213 Å². The molecule has 0 fully saturated rings. The first kappa shape index (κ1) is 62.7. The van der Waals surface area contributed by atoms with Crippen molar-refractivity contribution in [2.75, 3.05) is 26.4 Å². The van der Waals surface area contributed by atoms with Gasteiger partial charge in [-0.2, -0.15) is 0 Å². The van der Waals surface area contributed by atoms with Crippen molar-refractivity contribution in [1.82, 2.24) is 0 Å². The summed E-state index contributed by atoms with van der Waals surface area (Å²) in [4.78, 5) is 48.2. The molecule has 0 heterocycles. The Balaban J connectivity index is 4.89. The number of rotatable bonds is 46. The third-order valence-electron chi connectivity index (χ3n) is 10.3. The molecule has 0 aromatic rings. The summed E-state index contributed by atoms with van der Waals surface area (Å²) in [5.41, 5.74) is 0. The highest BCUT2D eigenvalue weighted by Crippen LogP contribution is 2.43. The van der Waals surface area contributed by atoms with Gasteiger partial charge in [-0.15, -0.1) is 0 Å². The zero-order valence-corrected chi connectivity index (χ0v) is 42.3. The van der Waals surface area contributed by atoms with Crippen LogP contribution in [-0.4, -0.2) is 66.5 Å². The summed E-state index contributed by atoms with van der Waals surface area (Å²) in [6.07, 6.45) is 53.0. The van der Waals surface area contributed by atoms with Gasteiger partial charge in [0.2, 0.25) is 0 Å². The Bertz CT molecular complexity index is 1430. The molecule has 11 nitrogen and oxygen atoms in total. The van der Waals surface area contributed by atoms with E-state index in [2.05, 4.69) is 87.6 Å². The van der Waals surface area contributed by atoms with Gasteiger partial charge in [0.05, 0.1) is 26.2 Å². The van der Waals surface area contributed by atoms with Crippen molar-refractivity contribution < 1.29 is 52.2 Å². The maximum atomic E-state index is 12.8. The Labute approximate surface area is 400 Å². The van der Waals surface area contributed by atoms with E-state index in [1.54, 1.807) is 6.08 Å². The number of carbonyl (C=O) groups is 3. The van der Waals surface area contributed by atoms with Crippen LogP contribution in [0.3, 0.4) is 0 Å². The van der Waals surface area contributed by atoms with Gasteiger partial charge in [0, 0.05) is 12.8 Å². The molecule has 0 aliphatic heterocycles. The highest BCUT2D eigenvalue weighted by molar-refractivity contribution is 7.47. The fourth-order valence-electron chi connectivity index (χ4n) is 6.47. The van der Waals surface area contributed by atoms with Gasteiger partial charge in [0.25, 0.3) is 0 Å². The molecular formula is C54H91O11P. The number of phosphoric ester groups is 1. The van der Waals surface area contributed by atoms with E-state index >= 15 is 0 Å². The molecule has 12 heteroatoms. The largest absolute Gasteiger partial charge is 0.472 e. The van der Waals surface area contributed by atoms with E-state index < -0.39 is 64.4 Å². The van der Waals surface area contributed by atoms with Crippen LogP contribution in [0.2, 0.25) is 0 Å². The number of hydrogen-bond acceptors (Lipinski definition) is 10. The molecule has 0 bridgehead atoms. The molecular weight excluding hydrogens is 856 g/mol. The molecule has 378 valence electrons. The molecule has 0 saturated heterocycles. The number of aliphatic hydroxyl groups is 1. The number of allylic oxidation sites excluding steroid dienone is 13. The summed E-state index contributed by atoms with van der Waals surface area (Å²) in [6, 6.07) is 0. The number of hydrogen-bond donors (Lipinski definition) is 2. The van der Waals surface area contributed by atoms with Gasteiger partial charge in [-0.1, -0.05) is 196 Å². The summed E-state index contributed by atoms with van der Waals surface area (Å²) < 4.78 is 39.2. The van der Waals surface area contributed by atoms with Crippen LogP contribution in [0.25, 0.3) is 0 Å². The number of unbranched alkanes of at least 4 members (excludes halogenated alkanes) is 16. The second-order valence-corrected chi connectivity index (χ2v) is 18.1. The van der Waals surface area contributed by atoms with Crippen molar-refractivity contribution in [2.24, 2.45) is 0 Å². The lowest BCUT2D eigenvalue weighted by Gasteiger charge is -2.21. The SMILES string of the molecule is CC/C=C\C/C=C\C/C=C\C/C=C\C/C=C\CC(=O)OCC(COP(=O)(O)OCC(CO)OC(=O)CCCCCCCCCCCCC)OC(=O)CCCCCCC/C=C\C/C=C\CCC. The van der Waals surface area contributed by atoms with E-state index in [0.29, 0.717) is 19.3 Å². The lowest BCUT2D eigenvalue weighted by molar-refractivity contribution is -0.161. The minimum atomic E-state index is -4.76. The van der Waals surface area contributed by atoms with Gasteiger partial charge in [-0.3, -0.25) is 23.4 Å². The van der Waals surface area contributed by atoms with E-state index in [0.717, 1.165) is 96.3 Å². The first-order valence-corrected chi connectivity index (χ1v) is 27.0. The number of phosphoric acid groups is 1. The minimum absolute atomic E-state index is 0.0109. The van der Waals surface area contributed by atoms with E-state index in [1.807, 2.05) is 12.2 Å². The van der Waals surface area contributed by atoms with Gasteiger partial charge >= 0.3 is 25.7 Å². The molecule has 0 aliphatic rings. The van der Waals surface area contributed by atoms with Crippen LogP contribution >= 0.6 is 7.82 Å². The van der Waals surface area contributed by atoms with E-state index in [-0.39, 0.29) is 19.3 Å². The molecule has 0 amide bonds. The van der Waals surface area contributed by atoms with E-state index in [9.17, 15) is 28.9 Å². The Hall–Kier alpha value is -3.34. The Morgan fingerprint density at radius 3 is 1.35 bits per heavy atom. The standard InChI is InChI=1S/C54H91O11P/c1-4-7-10-13-16-19-22-24-25-27-29-31-34-37-40-43-52(56)61-47-51(65-54(58)45-42-39-36-33-30-26-23-20-17-14-11-8-5-2)49-63-66(59,60)62-48-50(46-55)64-53(57)44-41-38-35-32-28-21-18-15-12-9-6-3/h7,10-11,14,16,19-20,23-25,29,31,37,40,50-51,55H,4-6,8-9,12-13,15,17-18,21-22,26-28,30,32-36,38-39,41-49H2,1-3H3,(H,59,60)/b10-7-,14-11-,19-16-,23-20-,25-24-,31-29-,40-37-. The van der Waals surface area contributed by atoms with E-state index in [4.69, 9.17) is 23.3 Å². The fourth-order valence-corrected chi connectivity index (χ4v) is 7.25. The molecule has 2 N–H and O–H groups in total. The van der Waals surface area contributed by atoms with Gasteiger partial charge in [0.1, 0.15) is 12.7 Å². The third kappa shape index (κ3) is 45.8. The average Bonchev–Trinajstić information content (AvgIpc) is 3.30. The van der Waals surface area contributed by atoms with Crippen molar-refractivity contribution in [3.05, 3.63) is 85.1 Å². The van der Waals surface area contributed by atoms with Crippen LogP contribution in [0.1, 0.15) is 201 Å². The summed E-state index contributed by atoms with van der Waals surface area (Å²) in [5.74, 6) is -1.64. The van der Waals surface area contributed by atoms with Gasteiger partial charge < -0.3 is 24.2 Å². The summed E-state index contributed by atoms with van der Waals surface area (Å²) in [5, 5.41) is 9.75. The summed E-state index contributed by atoms with van der Waals surface area (Å²) >= 11 is 0. The lowest BCUT2D eigenvalue weighted by atomic mass is 10.1. The first-order chi connectivity index (χ1) is 32.2. The Morgan fingerprint density at radius 2 is 0.864 bits per heavy atom. The maximum absolute atomic E-state index is 12.8. The fraction of sp³-hybridized carbons (Fsp3) is 0.685. The van der Waals surface area contributed by atoms with Crippen LogP contribution in [-0.2, 0) is 42.2 Å². The first-order valence-electron chi connectivity index (χ1n) is 25.5. The molecule has 0 aromatic carbocycles. The highest BCUT2D eigenvalue weighted by Gasteiger charge is 2.28. The normalized spacial score (nSPS) is 14.2. The Morgan fingerprint density at radius 1 is 0.455 bits per heavy atom. The van der Waals surface area contributed by atoms with Gasteiger partial charge in [-0.05, 0) is 70.6 Å². The number of aliphatic hydroxyl groups excluding tert-OH is 1. The van der Waals surface area contributed by atoms with Gasteiger partial charge in [-0.25, -0.2) is 4.57 Å². The maximum Gasteiger partial charge on any atom is 0.472 e. The zero-order valence-electron chi connectivity index (χ0n) is 41.4. The quantitative estimate of drug-likeness (QED) is 0.0197. The minimum Gasteiger partial charge on any atom is -0.461 e. The van der Waals surface area contributed by atoms with Crippen molar-refractivity contribution in [3.63, 3.8) is 0 Å². The number of esters is 3. The third-order valence-corrected chi connectivity index (χ3v) is 11.3. The predicted molar refractivity (Wildman–Crippen MR) is 270 cm³/mol. The zero-order chi connectivity index (χ0) is 48.4. The molecule has 0 radical (unpaired) electrons. The van der Waals surface area contributed by atoms with E-state index in [1.165, 1.54) is 44.9 Å². The van der Waals surface area contributed by atoms with Crippen LogP contribution in [0.5, 0.6) is 0 Å². The smallest absolute Gasteiger partial charge is 0.461 e. The van der Waals surface area contributed by atoms with Crippen molar-refractivity contribution in [1.29, 1.82) is 0 Å². The van der Waals surface area contributed by atoms with Crippen LogP contribution in [0.4, 0.5) is 0 Å². The molecule has 0 saturated carbocycles. The van der Waals surface area contributed by atoms with Crippen molar-refractivity contribution in [3.8, 4) is 0 Å². The summed E-state index contributed by atoms with van der Waals surface area (Å²) in [6.45, 7) is 4.30. The van der Waals surface area contributed by atoms with Gasteiger partial charge in [0.15, 0.2) is 6.10 Å². The van der Waals surface area contributed by atoms with Crippen LogP contribution in [0, 0.1) is 0 Å². The monoisotopic (exact) mass is 947 g/mol. The highest BCUT2D eigenvalue weighted by atomic mass is 31.2. The molecule has 0 spiro atoms. The molecule has 0 aliphatic carbocycles. The lowest BCUT2D eigenvalue weighted by Crippen LogP contribution is -2.30. The molecule has 0 aromatic heterocycles. The predicted octanol–water partition coefficient (Wildman–Crippen LogP) is 14.4. The second-order valence-electron chi connectivity index (χ2n) is 16.6. The Kier molecular flexibility index (Phi) is 45.7. The van der Waals surface area contributed by atoms with Crippen LogP contribution in [0.15, 0.2) is 85.1 Å². The number of ether oxygens (including phenoxy) is 3. The summed E-state index contributed by atoms with van der Waals surface area (Å²) in [7, 11) is -4.76. The average molecular weight is 947 g/mol. The van der Waals surface area contributed by atoms with Crippen molar-refractivity contribution >= 4 is 25.7 Å². The topological polar surface area (TPSA) is 155 Å².